The van der Waals surface area contributed by atoms with Gasteiger partial charge < -0.3 is 10.4 Å². The van der Waals surface area contributed by atoms with E-state index in [-0.39, 0.29) is 0 Å². The highest BCUT2D eigenvalue weighted by atomic mass is 32.1. The number of hydrogen-bond donors (Lipinski definition) is 2. The molecule has 5 heteroatoms. The van der Waals surface area contributed by atoms with Crippen molar-refractivity contribution in [3.63, 3.8) is 0 Å². The first-order valence-corrected chi connectivity index (χ1v) is 4.92. The van der Waals surface area contributed by atoms with Gasteiger partial charge >= 0.3 is 5.97 Å². The van der Waals surface area contributed by atoms with Crippen LogP contribution in [-0.4, -0.2) is 21.5 Å². The van der Waals surface area contributed by atoms with Gasteiger partial charge in [-0.05, 0) is 31.3 Å². The highest BCUT2D eigenvalue weighted by Crippen LogP contribution is 2.30. The van der Waals surface area contributed by atoms with Crippen LogP contribution in [0.15, 0.2) is 0 Å². The molecule has 1 aliphatic carbocycles. The smallest absolute Gasteiger partial charge is 0.349 e. The highest BCUT2D eigenvalue weighted by Gasteiger charge is 2.25. The van der Waals surface area contributed by atoms with Gasteiger partial charge in [0.2, 0.25) is 0 Å². The number of rotatable bonds is 3. The van der Waals surface area contributed by atoms with Gasteiger partial charge in [-0.2, -0.15) is 4.37 Å². The molecular weight excluding hydrogens is 188 g/mol. The van der Waals surface area contributed by atoms with Gasteiger partial charge in [-0.15, -0.1) is 0 Å². The van der Waals surface area contributed by atoms with Gasteiger partial charge in [0.05, 0.1) is 11.4 Å². The molecule has 1 fully saturated rings. The van der Waals surface area contributed by atoms with E-state index < -0.39 is 5.97 Å². The SMILES string of the molecule is Cc1nsc(C(=O)O)c1NC1CC1. The second-order valence-corrected chi connectivity index (χ2v) is 3.97. The van der Waals surface area contributed by atoms with Crippen molar-refractivity contribution in [2.24, 2.45) is 0 Å². The van der Waals surface area contributed by atoms with Gasteiger partial charge in [0.15, 0.2) is 4.88 Å². The lowest BCUT2D eigenvalue weighted by atomic mass is 10.3. The van der Waals surface area contributed by atoms with Crippen LogP contribution in [0.4, 0.5) is 5.69 Å². The van der Waals surface area contributed by atoms with Crippen LogP contribution >= 0.6 is 11.5 Å². The predicted molar refractivity (Wildman–Crippen MR) is 50.5 cm³/mol. The van der Waals surface area contributed by atoms with E-state index in [0.717, 1.165) is 30.1 Å². The number of carbonyl (C=O) groups is 1. The van der Waals surface area contributed by atoms with E-state index >= 15 is 0 Å². The predicted octanol–water partition coefficient (Wildman–Crippen LogP) is 1.72. The molecule has 0 aromatic carbocycles. The fourth-order valence-electron chi connectivity index (χ4n) is 1.12. The van der Waals surface area contributed by atoms with Crippen molar-refractivity contribution in [1.82, 2.24) is 4.37 Å². The van der Waals surface area contributed by atoms with Crippen molar-refractivity contribution in [1.29, 1.82) is 0 Å². The average molecular weight is 198 g/mol. The van der Waals surface area contributed by atoms with Crippen LogP contribution in [0.3, 0.4) is 0 Å². The summed E-state index contributed by atoms with van der Waals surface area (Å²) < 4.78 is 4.02. The molecule has 0 atom stereocenters. The zero-order valence-electron chi connectivity index (χ0n) is 7.20. The standard InChI is InChI=1S/C8H10N2O2S/c1-4-6(9-5-2-3-5)7(8(11)12)13-10-4/h5,9H,2-3H2,1H3,(H,11,12). The van der Waals surface area contributed by atoms with E-state index in [1.807, 2.05) is 6.92 Å². The van der Waals surface area contributed by atoms with Crippen LogP contribution in [0, 0.1) is 6.92 Å². The Morgan fingerprint density at radius 3 is 2.92 bits per heavy atom. The minimum Gasteiger partial charge on any atom is -0.477 e. The summed E-state index contributed by atoms with van der Waals surface area (Å²) in [5.41, 5.74) is 1.49. The molecule has 1 aliphatic rings. The van der Waals surface area contributed by atoms with E-state index in [1.54, 1.807) is 0 Å². The van der Waals surface area contributed by atoms with Crippen LogP contribution < -0.4 is 5.32 Å². The van der Waals surface area contributed by atoms with E-state index in [2.05, 4.69) is 9.69 Å². The Kier molecular flexibility index (Phi) is 1.95. The maximum Gasteiger partial charge on any atom is 0.349 e. The van der Waals surface area contributed by atoms with Crippen molar-refractivity contribution < 1.29 is 9.90 Å². The molecule has 2 rings (SSSR count). The van der Waals surface area contributed by atoms with Gasteiger partial charge in [-0.25, -0.2) is 4.79 Å². The fraction of sp³-hybridized carbons (Fsp3) is 0.500. The molecule has 4 nitrogen and oxygen atoms in total. The molecular formula is C8H10N2O2S. The Labute approximate surface area is 79.8 Å². The number of anilines is 1. The quantitative estimate of drug-likeness (QED) is 0.776. The van der Waals surface area contributed by atoms with Crippen LogP contribution in [0.25, 0.3) is 0 Å². The molecule has 0 aliphatic heterocycles. The fourth-order valence-corrected chi connectivity index (χ4v) is 1.81. The lowest BCUT2D eigenvalue weighted by Crippen LogP contribution is -2.06. The van der Waals surface area contributed by atoms with Crippen molar-refractivity contribution in [3.05, 3.63) is 10.6 Å². The second kappa shape index (κ2) is 2.99. The summed E-state index contributed by atoms with van der Waals surface area (Å²) >= 11 is 1.04. The summed E-state index contributed by atoms with van der Waals surface area (Å²) in [6, 6.07) is 0.466. The number of hydrogen-bond acceptors (Lipinski definition) is 4. The number of nitrogens with one attached hydrogen (secondary N) is 1. The second-order valence-electron chi connectivity index (χ2n) is 3.20. The van der Waals surface area contributed by atoms with Crippen molar-refractivity contribution in [2.45, 2.75) is 25.8 Å². The van der Waals surface area contributed by atoms with E-state index in [0.29, 0.717) is 16.6 Å². The number of aromatic nitrogens is 1. The summed E-state index contributed by atoms with van der Waals surface area (Å²) in [6.45, 7) is 1.83. The molecule has 13 heavy (non-hydrogen) atoms. The maximum atomic E-state index is 10.8. The minimum absolute atomic E-state index is 0.324. The topological polar surface area (TPSA) is 62.2 Å². The Balaban J connectivity index is 2.27. The Hall–Kier alpha value is -1.10. The Morgan fingerprint density at radius 2 is 2.38 bits per heavy atom. The Morgan fingerprint density at radius 1 is 1.69 bits per heavy atom. The van der Waals surface area contributed by atoms with Gasteiger partial charge in [-0.3, -0.25) is 0 Å². The molecule has 1 aromatic heterocycles. The summed E-state index contributed by atoms with van der Waals surface area (Å²) in [5, 5.41) is 12.0. The van der Waals surface area contributed by atoms with Gasteiger partial charge in [0.25, 0.3) is 0 Å². The molecule has 1 saturated carbocycles. The maximum absolute atomic E-state index is 10.8. The number of aryl methyl sites for hydroxylation is 1. The highest BCUT2D eigenvalue weighted by molar-refractivity contribution is 7.08. The summed E-state index contributed by atoms with van der Waals surface area (Å²) in [4.78, 5) is 11.1. The van der Waals surface area contributed by atoms with Crippen LogP contribution in [0.5, 0.6) is 0 Å². The minimum atomic E-state index is -0.895. The monoisotopic (exact) mass is 198 g/mol. The van der Waals surface area contributed by atoms with Crippen LogP contribution in [0.1, 0.15) is 28.2 Å². The molecule has 0 spiro atoms. The molecule has 0 bridgehead atoms. The van der Waals surface area contributed by atoms with Crippen LogP contribution in [-0.2, 0) is 0 Å². The summed E-state index contributed by atoms with van der Waals surface area (Å²) in [5.74, 6) is -0.895. The van der Waals surface area contributed by atoms with Crippen molar-refractivity contribution in [2.75, 3.05) is 5.32 Å². The normalized spacial score (nSPS) is 15.8. The molecule has 0 saturated heterocycles. The lowest BCUT2D eigenvalue weighted by Gasteiger charge is -2.02. The number of aromatic carboxylic acids is 1. The molecule has 0 unspecified atom stereocenters. The zero-order chi connectivity index (χ0) is 9.42. The Bertz CT molecular complexity index is 344. The third kappa shape index (κ3) is 1.65. The molecule has 1 heterocycles. The largest absolute Gasteiger partial charge is 0.477 e. The first-order valence-electron chi connectivity index (χ1n) is 4.14. The van der Waals surface area contributed by atoms with Crippen molar-refractivity contribution in [3.8, 4) is 0 Å². The van der Waals surface area contributed by atoms with Crippen LogP contribution in [0.2, 0.25) is 0 Å². The summed E-state index contributed by atoms with van der Waals surface area (Å²) in [6.07, 6.45) is 2.27. The molecule has 1 aromatic rings. The number of carboxylic acids is 1. The molecule has 70 valence electrons. The molecule has 0 amide bonds. The van der Waals surface area contributed by atoms with Gasteiger partial charge in [0, 0.05) is 6.04 Å². The first-order chi connectivity index (χ1) is 6.18. The summed E-state index contributed by atoms with van der Waals surface area (Å²) in [7, 11) is 0. The third-order valence-corrected chi connectivity index (χ3v) is 2.91. The molecule has 2 N–H and O–H groups in total. The van der Waals surface area contributed by atoms with E-state index in [9.17, 15) is 4.79 Å². The molecule has 0 radical (unpaired) electrons. The number of carboxylic acid groups (broad SMARTS) is 1. The van der Waals surface area contributed by atoms with E-state index in [1.165, 1.54) is 0 Å². The lowest BCUT2D eigenvalue weighted by molar-refractivity contribution is 0.0703. The van der Waals surface area contributed by atoms with Gasteiger partial charge in [-0.1, -0.05) is 0 Å². The van der Waals surface area contributed by atoms with E-state index in [4.69, 9.17) is 5.11 Å². The zero-order valence-corrected chi connectivity index (χ0v) is 8.02. The third-order valence-electron chi connectivity index (χ3n) is 1.98. The number of nitrogens with zero attached hydrogens (tertiary/aromatic N) is 1. The van der Waals surface area contributed by atoms with Crippen molar-refractivity contribution >= 4 is 23.2 Å². The average Bonchev–Trinajstić information content (AvgIpc) is 2.78. The first kappa shape index (κ1) is 8.50. The van der Waals surface area contributed by atoms with Gasteiger partial charge in [0.1, 0.15) is 0 Å².